The number of unbranched alkanes of at least 4 members (excludes halogenated alkanes) is 2. The second-order valence-corrected chi connectivity index (χ2v) is 9.92. The van der Waals surface area contributed by atoms with Gasteiger partial charge in [-0.15, -0.1) is 0 Å². The zero-order chi connectivity index (χ0) is 22.3. The van der Waals surface area contributed by atoms with Crippen molar-refractivity contribution in [1.29, 1.82) is 0 Å². The van der Waals surface area contributed by atoms with Gasteiger partial charge in [-0.3, -0.25) is 0 Å². The maximum absolute atomic E-state index is 15.0. The highest BCUT2D eigenvalue weighted by Crippen LogP contribution is 2.39. The second kappa shape index (κ2) is 11.2. The van der Waals surface area contributed by atoms with Crippen molar-refractivity contribution in [2.45, 2.75) is 84.0 Å². The Morgan fingerprint density at radius 2 is 1.56 bits per heavy atom. The number of allylic oxidation sites excluding steroid dienone is 1. The van der Waals surface area contributed by atoms with E-state index in [1.165, 1.54) is 44.9 Å². The minimum atomic E-state index is -0.0426. The van der Waals surface area contributed by atoms with Crippen molar-refractivity contribution in [2.75, 3.05) is 6.61 Å². The van der Waals surface area contributed by atoms with Gasteiger partial charge in [-0.25, -0.2) is 4.39 Å². The average molecular weight is 435 g/mol. The van der Waals surface area contributed by atoms with Gasteiger partial charge in [0.2, 0.25) is 0 Å². The lowest BCUT2D eigenvalue weighted by atomic mass is 9.77. The van der Waals surface area contributed by atoms with Crippen molar-refractivity contribution >= 4 is 5.76 Å². The minimum absolute atomic E-state index is 0.0426. The fourth-order valence-electron chi connectivity index (χ4n) is 5.44. The van der Waals surface area contributed by atoms with Gasteiger partial charge in [-0.05, 0) is 85.1 Å². The van der Waals surface area contributed by atoms with Crippen LogP contribution in [0.25, 0.3) is 16.9 Å². The Morgan fingerprint density at radius 3 is 2.19 bits per heavy atom. The summed E-state index contributed by atoms with van der Waals surface area (Å²) < 4.78 is 21.1. The molecule has 1 atom stereocenters. The zero-order valence-electron chi connectivity index (χ0n) is 19.9. The molecule has 2 aliphatic rings. The lowest BCUT2D eigenvalue weighted by Crippen LogP contribution is -2.13. The van der Waals surface area contributed by atoms with Gasteiger partial charge in [0.15, 0.2) is 0 Å². The van der Waals surface area contributed by atoms with E-state index in [0.717, 1.165) is 59.8 Å². The smallest absolute Gasteiger partial charge is 0.127 e. The van der Waals surface area contributed by atoms with Gasteiger partial charge in [0.05, 0.1) is 6.61 Å². The summed E-state index contributed by atoms with van der Waals surface area (Å²) in [5.74, 6) is 2.83. The summed E-state index contributed by atoms with van der Waals surface area (Å²) in [6, 6.07) is 14.2. The van der Waals surface area contributed by atoms with E-state index < -0.39 is 0 Å². The van der Waals surface area contributed by atoms with Crippen molar-refractivity contribution in [3.8, 4) is 11.1 Å². The highest BCUT2D eigenvalue weighted by Gasteiger charge is 2.23. The number of ether oxygens (including phenoxy) is 1. The predicted molar refractivity (Wildman–Crippen MR) is 133 cm³/mol. The lowest BCUT2D eigenvalue weighted by molar-refractivity contribution is 0.191. The van der Waals surface area contributed by atoms with Gasteiger partial charge in [-0.2, -0.15) is 0 Å². The number of rotatable bonds is 8. The van der Waals surface area contributed by atoms with Crippen molar-refractivity contribution in [1.82, 2.24) is 0 Å². The van der Waals surface area contributed by atoms with Crippen LogP contribution in [-0.4, -0.2) is 6.61 Å². The normalized spacial score (nSPS) is 23.5. The Balaban J connectivity index is 1.38. The summed E-state index contributed by atoms with van der Waals surface area (Å²) >= 11 is 0. The first-order chi connectivity index (χ1) is 15.7. The first-order valence-corrected chi connectivity index (χ1v) is 12.9. The molecule has 0 saturated heterocycles. The van der Waals surface area contributed by atoms with Gasteiger partial charge < -0.3 is 4.74 Å². The molecule has 2 aromatic carbocycles. The van der Waals surface area contributed by atoms with Crippen LogP contribution in [0, 0.1) is 17.7 Å². The van der Waals surface area contributed by atoms with Crippen LogP contribution in [0.3, 0.4) is 0 Å². The van der Waals surface area contributed by atoms with E-state index in [4.69, 9.17) is 4.74 Å². The first kappa shape index (κ1) is 23.1. The van der Waals surface area contributed by atoms with Crippen LogP contribution in [0.15, 0.2) is 48.5 Å². The Morgan fingerprint density at radius 1 is 0.844 bits per heavy atom. The SMILES string of the molecule is CCCCCC1CC=C(c2ccc(-c3ccc(C4CCC(CC)CC4)c(F)c3)cc2)OC1. The van der Waals surface area contributed by atoms with Gasteiger partial charge in [0, 0.05) is 5.56 Å². The Bertz CT molecular complexity index is 890. The van der Waals surface area contributed by atoms with Crippen molar-refractivity contribution in [3.05, 3.63) is 65.5 Å². The van der Waals surface area contributed by atoms with Gasteiger partial charge in [0.25, 0.3) is 0 Å². The van der Waals surface area contributed by atoms with Crippen molar-refractivity contribution in [3.63, 3.8) is 0 Å². The molecule has 2 heteroatoms. The van der Waals surface area contributed by atoms with E-state index in [0.29, 0.717) is 11.8 Å². The van der Waals surface area contributed by atoms with E-state index in [1.54, 1.807) is 6.07 Å². The molecular weight excluding hydrogens is 395 g/mol. The molecule has 1 saturated carbocycles. The number of hydrogen-bond acceptors (Lipinski definition) is 1. The van der Waals surface area contributed by atoms with E-state index in [1.807, 2.05) is 6.07 Å². The number of halogens is 1. The molecular formula is C30H39FO. The molecule has 0 N–H and O–H groups in total. The third-order valence-corrected chi connectivity index (χ3v) is 7.69. The fraction of sp³-hybridized carbons (Fsp3) is 0.533. The molecule has 0 radical (unpaired) electrons. The third kappa shape index (κ3) is 5.63. The van der Waals surface area contributed by atoms with Gasteiger partial charge in [-0.1, -0.05) is 75.9 Å². The van der Waals surface area contributed by atoms with Crippen LogP contribution in [0.4, 0.5) is 4.39 Å². The Hall–Kier alpha value is -2.09. The molecule has 4 rings (SSSR count). The molecule has 1 aliphatic carbocycles. The molecule has 0 bridgehead atoms. The van der Waals surface area contributed by atoms with Crippen LogP contribution in [0.1, 0.15) is 95.1 Å². The lowest BCUT2D eigenvalue weighted by Gasteiger charge is -2.28. The van der Waals surface area contributed by atoms with Gasteiger partial charge >= 0.3 is 0 Å². The van der Waals surface area contributed by atoms with Crippen molar-refractivity contribution < 1.29 is 9.13 Å². The summed E-state index contributed by atoms with van der Waals surface area (Å²) in [6.07, 6.45) is 14.5. The molecule has 32 heavy (non-hydrogen) atoms. The van der Waals surface area contributed by atoms with Crippen LogP contribution in [-0.2, 0) is 4.74 Å². The highest BCUT2D eigenvalue weighted by molar-refractivity contribution is 5.68. The zero-order valence-corrected chi connectivity index (χ0v) is 19.9. The van der Waals surface area contributed by atoms with Gasteiger partial charge in [0.1, 0.15) is 11.6 Å². The maximum atomic E-state index is 15.0. The quantitative estimate of drug-likeness (QED) is 0.376. The Labute approximate surface area is 194 Å². The average Bonchev–Trinajstić information content (AvgIpc) is 2.85. The van der Waals surface area contributed by atoms with E-state index in [2.05, 4.69) is 50.3 Å². The Kier molecular flexibility index (Phi) is 8.05. The molecule has 0 aromatic heterocycles. The van der Waals surface area contributed by atoms with Crippen molar-refractivity contribution in [2.24, 2.45) is 11.8 Å². The molecule has 1 unspecified atom stereocenters. The monoisotopic (exact) mass is 434 g/mol. The molecule has 1 fully saturated rings. The van der Waals surface area contributed by atoms with E-state index >= 15 is 0 Å². The molecule has 0 spiro atoms. The summed E-state index contributed by atoms with van der Waals surface area (Å²) in [5, 5.41) is 0. The molecule has 172 valence electrons. The van der Waals surface area contributed by atoms with Crippen LogP contribution < -0.4 is 0 Å². The van der Waals surface area contributed by atoms with Crippen LogP contribution >= 0.6 is 0 Å². The largest absolute Gasteiger partial charge is 0.493 e. The van der Waals surface area contributed by atoms with Crippen LogP contribution in [0.2, 0.25) is 0 Å². The number of benzene rings is 2. The highest BCUT2D eigenvalue weighted by atomic mass is 19.1. The molecule has 1 aliphatic heterocycles. The maximum Gasteiger partial charge on any atom is 0.127 e. The number of hydrogen-bond donors (Lipinski definition) is 0. The predicted octanol–water partition coefficient (Wildman–Crippen LogP) is 9.13. The second-order valence-electron chi connectivity index (χ2n) is 9.92. The molecule has 0 amide bonds. The summed E-state index contributed by atoms with van der Waals surface area (Å²) in [5.41, 5.74) is 4.04. The summed E-state index contributed by atoms with van der Waals surface area (Å²) in [4.78, 5) is 0. The standard InChI is InChI=1S/C30H39FO/c1-3-5-6-7-23-10-19-30(32-21-23)26-15-13-24(14-16-26)27-17-18-28(29(31)20-27)25-11-8-22(4-2)9-12-25/h13-20,22-23,25H,3-12,21H2,1-2H3. The molecule has 1 heterocycles. The minimum Gasteiger partial charge on any atom is -0.493 e. The summed E-state index contributed by atoms with van der Waals surface area (Å²) in [7, 11) is 0. The molecule has 1 nitrogen and oxygen atoms in total. The van der Waals surface area contributed by atoms with E-state index in [9.17, 15) is 4.39 Å². The molecule has 2 aromatic rings. The van der Waals surface area contributed by atoms with Crippen LogP contribution in [0.5, 0.6) is 0 Å². The fourth-order valence-corrected chi connectivity index (χ4v) is 5.44. The topological polar surface area (TPSA) is 9.23 Å². The summed E-state index contributed by atoms with van der Waals surface area (Å²) in [6.45, 7) is 5.35. The third-order valence-electron chi connectivity index (χ3n) is 7.69. The first-order valence-electron chi connectivity index (χ1n) is 12.9. The van der Waals surface area contributed by atoms with E-state index in [-0.39, 0.29) is 5.82 Å².